The van der Waals surface area contributed by atoms with E-state index in [0.717, 1.165) is 16.7 Å². The molecule has 1 aliphatic heterocycles. The number of hydrogen-bond acceptors (Lipinski definition) is 5. The van der Waals surface area contributed by atoms with Gasteiger partial charge in [0, 0.05) is 36.9 Å². The Labute approximate surface area is 190 Å². The summed E-state index contributed by atoms with van der Waals surface area (Å²) in [5.41, 5.74) is 4.36. The Morgan fingerprint density at radius 1 is 1.12 bits per heavy atom. The average molecular weight is 446 g/mol. The van der Waals surface area contributed by atoms with Gasteiger partial charge in [-0.15, -0.1) is 10.2 Å². The molecular weight excluding hydrogens is 423 g/mol. The molecule has 3 aromatic rings. The fourth-order valence-corrected chi connectivity index (χ4v) is 3.68. The summed E-state index contributed by atoms with van der Waals surface area (Å²) in [4.78, 5) is 27.0. The van der Waals surface area contributed by atoms with Crippen LogP contribution < -0.4 is 10.1 Å². The van der Waals surface area contributed by atoms with E-state index in [-0.39, 0.29) is 24.1 Å². The van der Waals surface area contributed by atoms with Gasteiger partial charge in [0.25, 0.3) is 0 Å². The molecule has 0 radical (unpaired) electrons. The Hall–Kier alpha value is -4.07. The SMILES string of the molecule is COc1ccc(-c2ccc(C)c(CC(=O)C3=CN(C)C(=O)N[C@H]3c3ccc(F)cc3)c2)nn1. The van der Waals surface area contributed by atoms with Crippen molar-refractivity contribution in [3.05, 3.63) is 88.9 Å². The van der Waals surface area contributed by atoms with E-state index in [1.807, 2.05) is 25.1 Å². The monoisotopic (exact) mass is 446 g/mol. The van der Waals surface area contributed by atoms with Crippen molar-refractivity contribution in [2.45, 2.75) is 19.4 Å². The van der Waals surface area contributed by atoms with Crippen molar-refractivity contribution in [1.29, 1.82) is 0 Å². The highest BCUT2D eigenvalue weighted by Gasteiger charge is 2.30. The number of nitrogens with one attached hydrogen (secondary N) is 1. The Balaban J connectivity index is 1.63. The normalized spacial score (nSPS) is 15.6. The molecule has 1 N–H and O–H groups in total. The molecule has 1 atom stereocenters. The second-order valence-electron chi connectivity index (χ2n) is 7.83. The van der Waals surface area contributed by atoms with Crippen LogP contribution in [0.5, 0.6) is 5.88 Å². The van der Waals surface area contributed by atoms with Gasteiger partial charge in [-0.25, -0.2) is 9.18 Å². The lowest BCUT2D eigenvalue weighted by atomic mass is 9.90. The van der Waals surface area contributed by atoms with Crippen LogP contribution in [0.1, 0.15) is 22.7 Å². The van der Waals surface area contributed by atoms with E-state index in [9.17, 15) is 14.0 Å². The van der Waals surface area contributed by atoms with Crippen LogP contribution in [0.25, 0.3) is 11.3 Å². The van der Waals surface area contributed by atoms with Crippen LogP contribution in [0.15, 0.2) is 66.4 Å². The van der Waals surface area contributed by atoms with E-state index in [2.05, 4.69) is 15.5 Å². The third-order valence-electron chi connectivity index (χ3n) is 5.60. The molecule has 0 bridgehead atoms. The molecule has 2 aromatic carbocycles. The maximum Gasteiger partial charge on any atom is 0.321 e. The van der Waals surface area contributed by atoms with E-state index < -0.39 is 6.04 Å². The highest BCUT2D eigenvalue weighted by molar-refractivity contribution is 6.00. The fraction of sp³-hybridized carbons (Fsp3) is 0.200. The first kappa shape index (κ1) is 22.1. The number of aromatic nitrogens is 2. The fourth-order valence-electron chi connectivity index (χ4n) is 3.68. The number of ketones is 1. The minimum Gasteiger partial charge on any atom is -0.480 e. The number of carbonyl (C=O) groups is 2. The highest BCUT2D eigenvalue weighted by atomic mass is 19.1. The first-order valence-corrected chi connectivity index (χ1v) is 10.4. The molecule has 168 valence electrons. The van der Waals surface area contributed by atoms with Gasteiger partial charge < -0.3 is 15.0 Å². The minimum absolute atomic E-state index is 0.135. The van der Waals surface area contributed by atoms with E-state index in [0.29, 0.717) is 22.7 Å². The summed E-state index contributed by atoms with van der Waals surface area (Å²) in [6.45, 7) is 1.94. The van der Waals surface area contributed by atoms with Crippen LogP contribution in [0.2, 0.25) is 0 Å². The second-order valence-corrected chi connectivity index (χ2v) is 7.83. The maximum absolute atomic E-state index is 13.4. The number of hydrogen-bond donors (Lipinski definition) is 1. The van der Waals surface area contributed by atoms with Gasteiger partial charge in [-0.1, -0.05) is 24.3 Å². The van der Waals surface area contributed by atoms with Gasteiger partial charge in [-0.05, 0) is 47.9 Å². The van der Waals surface area contributed by atoms with Crippen molar-refractivity contribution in [2.75, 3.05) is 14.2 Å². The van der Waals surface area contributed by atoms with Gasteiger partial charge in [0.15, 0.2) is 5.78 Å². The zero-order valence-electron chi connectivity index (χ0n) is 18.5. The number of nitrogens with zero attached hydrogens (tertiary/aromatic N) is 3. The van der Waals surface area contributed by atoms with Crippen LogP contribution >= 0.6 is 0 Å². The smallest absolute Gasteiger partial charge is 0.321 e. The number of benzene rings is 2. The molecule has 7 nitrogen and oxygen atoms in total. The zero-order valence-corrected chi connectivity index (χ0v) is 18.5. The molecular formula is C25H23FN4O3. The van der Waals surface area contributed by atoms with Gasteiger partial charge in [-0.3, -0.25) is 4.79 Å². The summed E-state index contributed by atoms with van der Waals surface area (Å²) >= 11 is 0. The molecule has 33 heavy (non-hydrogen) atoms. The van der Waals surface area contributed by atoms with E-state index >= 15 is 0 Å². The summed E-state index contributed by atoms with van der Waals surface area (Å²) in [6.07, 6.45) is 1.68. The highest BCUT2D eigenvalue weighted by Crippen LogP contribution is 2.29. The Bertz CT molecular complexity index is 1220. The molecule has 2 heterocycles. The molecule has 0 saturated carbocycles. The molecule has 4 rings (SSSR count). The average Bonchev–Trinajstić information content (AvgIpc) is 2.82. The number of urea groups is 1. The molecule has 2 amide bonds. The lowest BCUT2D eigenvalue weighted by molar-refractivity contribution is -0.115. The second kappa shape index (κ2) is 9.20. The zero-order chi connectivity index (χ0) is 23.5. The van der Waals surface area contributed by atoms with Crippen molar-refractivity contribution >= 4 is 11.8 Å². The van der Waals surface area contributed by atoms with Gasteiger partial charge in [0.2, 0.25) is 5.88 Å². The lowest BCUT2D eigenvalue weighted by Gasteiger charge is -2.30. The van der Waals surface area contributed by atoms with Gasteiger partial charge in [-0.2, -0.15) is 0 Å². The van der Waals surface area contributed by atoms with Crippen molar-refractivity contribution in [2.24, 2.45) is 0 Å². The largest absolute Gasteiger partial charge is 0.480 e. The standard InChI is InChI=1S/C25H23FN4O3/c1-15-4-5-17(21-10-11-23(33-3)29-28-21)12-18(15)13-22(31)20-14-30(2)25(32)27-24(20)16-6-8-19(26)9-7-16/h4-12,14,24H,13H2,1-3H3,(H,27,32)/t24-/m0/s1. The van der Waals surface area contributed by atoms with Crippen LogP contribution in [-0.4, -0.2) is 41.1 Å². The summed E-state index contributed by atoms with van der Waals surface area (Å²) in [5, 5.41) is 11.0. The summed E-state index contributed by atoms with van der Waals surface area (Å²) in [7, 11) is 3.11. The van der Waals surface area contributed by atoms with Crippen molar-refractivity contribution < 1.29 is 18.7 Å². The molecule has 0 unspecified atom stereocenters. The first-order valence-electron chi connectivity index (χ1n) is 10.4. The Kier molecular flexibility index (Phi) is 6.17. The third-order valence-corrected chi connectivity index (χ3v) is 5.60. The Morgan fingerprint density at radius 2 is 1.88 bits per heavy atom. The van der Waals surface area contributed by atoms with Gasteiger partial charge in [0.1, 0.15) is 5.82 Å². The quantitative estimate of drug-likeness (QED) is 0.619. The number of rotatable bonds is 6. The van der Waals surface area contributed by atoms with Crippen molar-refractivity contribution in [3.8, 4) is 17.1 Å². The van der Waals surface area contributed by atoms with E-state index in [1.54, 1.807) is 37.5 Å². The van der Waals surface area contributed by atoms with E-state index in [1.165, 1.54) is 24.1 Å². The predicted octanol–water partition coefficient (Wildman–Crippen LogP) is 3.99. The van der Waals surface area contributed by atoms with Crippen LogP contribution in [0.4, 0.5) is 9.18 Å². The predicted molar refractivity (Wildman–Crippen MR) is 121 cm³/mol. The lowest BCUT2D eigenvalue weighted by Crippen LogP contribution is -2.43. The molecule has 0 fully saturated rings. The van der Waals surface area contributed by atoms with Crippen LogP contribution in [0.3, 0.4) is 0 Å². The first-order chi connectivity index (χ1) is 15.9. The summed E-state index contributed by atoms with van der Waals surface area (Å²) < 4.78 is 18.5. The summed E-state index contributed by atoms with van der Waals surface area (Å²) in [5.74, 6) is -0.107. The van der Waals surface area contributed by atoms with Crippen LogP contribution in [0, 0.1) is 12.7 Å². The summed E-state index contributed by atoms with van der Waals surface area (Å²) in [6, 6.07) is 14.1. The maximum atomic E-state index is 13.4. The number of amides is 2. The van der Waals surface area contributed by atoms with E-state index in [4.69, 9.17) is 4.74 Å². The van der Waals surface area contributed by atoms with Crippen molar-refractivity contribution in [1.82, 2.24) is 20.4 Å². The number of aryl methyl sites for hydroxylation is 1. The Morgan fingerprint density at radius 3 is 2.55 bits per heavy atom. The number of halogens is 1. The molecule has 8 heteroatoms. The number of carbonyl (C=O) groups excluding carboxylic acids is 2. The molecule has 0 saturated heterocycles. The number of Topliss-reactive ketones (excluding diaryl/α,β-unsaturated/α-hetero) is 1. The van der Waals surface area contributed by atoms with Gasteiger partial charge in [0.05, 0.1) is 18.8 Å². The van der Waals surface area contributed by atoms with Gasteiger partial charge >= 0.3 is 6.03 Å². The molecule has 1 aromatic heterocycles. The molecule has 1 aliphatic rings. The number of ether oxygens (including phenoxy) is 1. The number of methoxy groups -OCH3 is 1. The third kappa shape index (κ3) is 4.74. The van der Waals surface area contributed by atoms with Crippen LogP contribution in [-0.2, 0) is 11.2 Å². The topological polar surface area (TPSA) is 84.4 Å². The van der Waals surface area contributed by atoms with Crippen molar-refractivity contribution in [3.63, 3.8) is 0 Å². The molecule has 0 aliphatic carbocycles. The minimum atomic E-state index is -0.655. The molecule has 0 spiro atoms.